The molecule has 2 atom stereocenters. The smallest absolute Gasteiger partial charge is 0.407 e. The van der Waals surface area contributed by atoms with Gasteiger partial charge in [0, 0.05) is 6.54 Å². The van der Waals surface area contributed by atoms with Gasteiger partial charge < -0.3 is 10.1 Å². The summed E-state index contributed by atoms with van der Waals surface area (Å²) in [6, 6.07) is 12.1. The van der Waals surface area contributed by atoms with Crippen molar-refractivity contribution < 1.29 is 9.53 Å². The number of rotatable bonds is 3. The summed E-state index contributed by atoms with van der Waals surface area (Å²) >= 11 is 12.2. The Morgan fingerprint density at radius 1 is 1.00 bits per heavy atom. The number of hydrogen-bond donors (Lipinski definition) is 1. The van der Waals surface area contributed by atoms with Gasteiger partial charge in [0.05, 0.1) is 16.1 Å². The van der Waals surface area contributed by atoms with Crippen LogP contribution in [-0.2, 0) is 11.2 Å². The first-order valence-corrected chi connectivity index (χ1v) is 11.1. The summed E-state index contributed by atoms with van der Waals surface area (Å²) in [6.45, 7) is 3.17. The lowest BCUT2D eigenvalue weighted by Crippen LogP contribution is -2.52. The van der Waals surface area contributed by atoms with Crippen LogP contribution in [0.1, 0.15) is 36.4 Å². The molecule has 29 heavy (non-hydrogen) atoms. The molecule has 1 aliphatic carbocycles. The molecule has 0 aromatic heterocycles. The molecule has 3 saturated heterocycles. The van der Waals surface area contributed by atoms with E-state index in [4.69, 9.17) is 27.9 Å². The fourth-order valence-electron chi connectivity index (χ4n) is 4.98. The molecule has 1 N–H and O–H groups in total. The third kappa shape index (κ3) is 3.86. The molecule has 6 rings (SSSR count). The van der Waals surface area contributed by atoms with E-state index in [-0.39, 0.29) is 18.2 Å². The van der Waals surface area contributed by atoms with Crippen LogP contribution >= 0.6 is 23.2 Å². The van der Waals surface area contributed by atoms with Crippen LogP contribution in [0.3, 0.4) is 0 Å². The van der Waals surface area contributed by atoms with Crippen LogP contribution in [0.5, 0.6) is 0 Å². The number of benzene rings is 2. The highest BCUT2D eigenvalue weighted by molar-refractivity contribution is 6.42. The second kappa shape index (κ2) is 7.82. The van der Waals surface area contributed by atoms with Gasteiger partial charge in [-0.05, 0) is 79.1 Å². The van der Waals surface area contributed by atoms with Crippen molar-refractivity contribution in [2.45, 2.75) is 37.8 Å². The first kappa shape index (κ1) is 19.2. The van der Waals surface area contributed by atoms with Crippen molar-refractivity contribution in [3.8, 4) is 11.1 Å². The Bertz CT molecular complexity index is 940. The SMILES string of the molecule is O=C(NC1CCc2cc(-c3ccc(Cl)c(Cl)c3)ccc21)O[C@H]1CN2CCC1CC2. The summed E-state index contributed by atoms with van der Waals surface area (Å²) in [7, 11) is 0. The number of fused-ring (bicyclic) bond motifs is 4. The number of halogens is 2. The second-order valence-electron chi connectivity index (χ2n) is 8.36. The van der Waals surface area contributed by atoms with E-state index in [2.05, 4.69) is 28.4 Å². The number of carbonyl (C=O) groups is 1. The highest BCUT2D eigenvalue weighted by atomic mass is 35.5. The van der Waals surface area contributed by atoms with E-state index < -0.39 is 0 Å². The molecule has 0 spiro atoms. The van der Waals surface area contributed by atoms with Crippen molar-refractivity contribution in [3.05, 3.63) is 57.6 Å². The van der Waals surface area contributed by atoms with E-state index in [0.29, 0.717) is 16.0 Å². The van der Waals surface area contributed by atoms with Gasteiger partial charge in [-0.1, -0.05) is 47.5 Å². The lowest BCUT2D eigenvalue weighted by atomic mass is 9.86. The van der Waals surface area contributed by atoms with Gasteiger partial charge in [-0.2, -0.15) is 0 Å². The van der Waals surface area contributed by atoms with E-state index in [9.17, 15) is 4.79 Å². The number of nitrogens with zero attached hydrogens (tertiary/aromatic N) is 1. The fourth-order valence-corrected chi connectivity index (χ4v) is 5.28. The van der Waals surface area contributed by atoms with Crippen LogP contribution in [-0.4, -0.2) is 36.7 Å². The van der Waals surface area contributed by atoms with Crippen molar-refractivity contribution in [2.24, 2.45) is 5.92 Å². The van der Waals surface area contributed by atoms with Gasteiger partial charge in [-0.3, -0.25) is 4.90 Å². The molecule has 2 aromatic rings. The molecule has 4 aliphatic rings. The van der Waals surface area contributed by atoms with E-state index in [1.807, 2.05) is 18.2 Å². The molecular weight excluding hydrogens is 407 g/mol. The molecule has 2 aromatic carbocycles. The molecule has 2 bridgehead atoms. The summed E-state index contributed by atoms with van der Waals surface area (Å²) in [4.78, 5) is 14.9. The molecular formula is C23H24Cl2N2O2. The normalized spacial score (nSPS) is 27.5. The molecule has 4 nitrogen and oxygen atoms in total. The van der Waals surface area contributed by atoms with Gasteiger partial charge in [0.15, 0.2) is 0 Å². The number of piperidine rings is 3. The summed E-state index contributed by atoms with van der Waals surface area (Å²) in [5, 5.41) is 4.21. The highest BCUT2D eigenvalue weighted by Crippen LogP contribution is 2.36. The molecule has 3 aliphatic heterocycles. The maximum Gasteiger partial charge on any atom is 0.407 e. The van der Waals surface area contributed by atoms with Crippen molar-refractivity contribution >= 4 is 29.3 Å². The minimum Gasteiger partial charge on any atom is -0.445 e. The number of amides is 1. The molecule has 6 heteroatoms. The van der Waals surface area contributed by atoms with Crippen molar-refractivity contribution in [1.82, 2.24) is 10.2 Å². The highest BCUT2D eigenvalue weighted by Gasteiger charge is 2.37. The Balaban J connectivity index is 1.26. The first-order chi connectivity index (χ1) is 14.1. The van der Waals surface area contributed by atoms with Crippen LogP contribution in [0.2, 0.25) is 10.0 Å². The third-order valence-electron chi connectivity index (χ3n) is 6.62. The van der Waals surface area contributed by atoms with Crippen LogP contribution in [0.15, 0.2) is 36.4 Å². The predicted molar refractivity (Wildman–Crippen MR) is 116 cm³/mol. The summed E-state index contributed by atoms with van der Waals surface area (Å²) < 4.78 is 5.80. The summed E-state index contributed by atoms with van der Waals surface area (Å²) in [5.41, 5.74) is 4.60. The zero-order valence-corrected chi connectivity index (χ0v) is 17.7. The molecule has 0 radical (unpaired) electrons. The maximum atomic E-state index is 12.5. The molecule has 1 amide bonds. The van der Waals surface area contributed by atoms with Crippen LogP contribution in [0.4, 0.5) is 4.79 Å². The Hall–Kier alpha value is -1.75. The van der Waals surface area contributed by atoms with Crippen LogP contribution < -0.4 is 5.32 Å². The first-order valence-electron chi connectivity index (χ1n) is 10.3. The Labute approximate surface area is 181 Å². The number of ether oxygens (including phenoxy) is 1. The average molecular weight is 431 g/mol. The van der Waals surface area contributed by atoms with Crippen molar-refractivity contribution in [3.63, 3.8) is 0 Å². The molecule has 0 saturated carbocycles. The standard InChI is InChI=1S/C23H24Cl2N2O2/c24-19-5-2-16(12-20(19)25)15-1-4-18-17(11-15)3-6-21(18)26-23(28)29-22-13-27-9-7-14(22)8-10-27/h1-2,4-5,11-12,14,21-22H,3,6-10,13H2,(H,26,28)/t21?,22-/m0/s1. The Morgan fingerprint density at radius 2 is 1.76 bits per heavy atom. The van der Waals surface area contributed by atoms with Gasteiger partial charge in [-0.25, -0.2) is 4.79 Å². The van der Waals surface area contributed by atoms with Gasteiger partial charge in [0.2, 0.25) is 0 Å². The lowest BCUT2D eigenvalue weighted by Gasteiger charge is -2.43. The van der Waals surface area contributed by atoms with E-state index in [0.717, 1.165) is 56.4 Å². The summed E-state index contributed by atoms with van der Waals surface area (Å²) in [5.74, 6) is 0.523. The third-order valence-corrected chi connectivity index (χ3v) is 7.36. The largest absolute Gasteiger partial charge is 0.445 e. The number of carbonyl (C=O) groups excluding carboxylic acids is 1. The molecule has 3 heterocycles. The molecule has 152 valence electrons. The van der Waals surface area contributed by atoms with Gasteiger partial charge in [0.25, 0.3) is 0 Å². The number of nitrogens with one attached hydrogen (secondary N) is 1. The topological polar surface area (TPSA) is 41.6 Å². The zero-order valence-electron chi connectivity index (χ0n) is 16.2. The van der Waals surface area contributed by atoms with Crippen LogP contribution in [0, 0.1) is 5.92 Å². The second-order valence-corrected chi connectivity index (χ2v) is 9.17. The van der Waals surface area contributed by atoms with Gasteiger partial charge in [0.1, 0.15) is 6.10 Å². The minimum absolute atomic E-state index is 0.0152. The van der Waals surface area contributed by atoms with E-state index in [1.54, 1.807) is 0 Å². The fraction of sp³-hybridized carbons (Fsp3) is 0.435. The Morgan fingerprint density at radius 3 is 2.48 bits per heavy atom. The lowest BCUT2D eigenvalue weighted by molar-refractivity contribution is -0.0339. The average Bonchev–Trinajstić information content (AvgIpc) is 3.13. The quantitative estimate of drug-likeness (QED) is 0.701. The van der Waals surface area contributed by atoms with E-state index >= 15 is 0 Å². The monoisotopic (exact) mass is 430 g/mol. The number of hydrogen-bond acceptors (Lipinski definition) is 3. The maximum absolute atomic E-state index is 12.5. The molecule has 3 fully saturated rings. The van der Waals surface area contributed by atoms with E-state index in [1.165, 1.54) is 11.1 Å². The number of alkyl carbamates (subject to hydrolysis) is 1. The van der Waals surface area contributed by atoms with Crippen molar-refractivity contribution in [2.75, 3.05) is 19.6 Å². The minimum atomic E-state index is -0.282. The predicted octanol–water partition coefficient (Wildman–Crippen LogP) is 5.47. The Kier molecular flexibility index (Phi) is 5.19. The molecule has 1 unspecified atom stereocenters. The summed E-state index contributed by atoms with van der Waals surface area (Å²) in [6.07, 6.45) is 3.87. The van der Waals surface area contributed by atoms with Gasteiger partial charge in [-0.15, -0.1) is 0 Å². The number of aryl methyl sites for hydroxylation is 1. The zero-order chi connectivity index (χ0) is 20.0. The van der Waals surface area contributed by atoms with Crippen molar-refractivity contribution in [1.29, 1.82) is 0 Å². The van der Waals surface area contributed by atoms with Crippen LogP contribution in [0.25, 0.3) is 11.1 Å². The van der Waals surface area contributed by atoms with Gasteiger partial charge >= 0.3 is 6.09 Å².